The fraction of sp³-hybridized carbons (Fsp3) is 0.571. The predicted octanol–water partition coefficient (Wildman–Crippen LogP) is 4.78. The maximum atomic E-state index is 12.8. The van der Waals surface area contributed by atoms with Crippen molar-refractivity contribution in [2.75, 3.05) is 41.3 Å². The highest BCUT2D eigenvalue weighted by Crippen LogP contribution is 2.44. The van der Waals surface area contributed by atoms with Crippen LogP contribution in [0.3, 0.4) is 0 Å². The van der Waals surface area contributed by atoms with E-state index in [1.807, 2.05) is 32.6 Å². The highest BCUT2D eigenvalue weighted by molar-refractivity contribution is 5.94. The first-order chi connectivity index (χ1) is 17.5. The van der Waals surface area contributed by atoms with Crippen LogP contribution in [-0.4, -0.2) is 64.7 Å². The molecule has 1 aromatic heterocycles. The highest BCUT2D eigenvalue weighted by atomic mass is 16.6. The number of amides is 2. The van der Waals surface area contributed by atoms with Crippen molar-refractivity contribution in [2.45, 2.75) is 72.6 Å². The van der Waals surface area contributed by atoms with Crippen molar-refractivity contribution in [2.24, 2.45) is 5.92 Å². The van der Waals surface area contributed by atoms with Crippen LogP contribution in [0.25, 0.3) is 0 Å². The number of benzene rings is 1. The summed E-state index contributed by atoms with van der Waals surface area (Å²) in [6.07, 6.45) is 4.11. The number of ether oxygens (including phenoxy) is 1. The van der Waals surface area contributed by atoms with E-state index in [1.165, 1.54) is 0 Å². The van der Waals surface area contributed by atoms with Gasteiger partial charge in [-0.2, -0.15) is 0 Å². The first-order valence-electron chi connectivity index (χ1n) is 13.2. The molecule has 3 atom stereocenters. The zero-order chi connectivity index (χ0) is 26.9. The SMILES string of the molecule is CC[C@H]1[C@H](C)C(Nc2cnc(C)cn2)c2cc(N3CCN(C(=O)OC(C)(C)C)CC3)ccc2N1C(C)=O. The molecule has 2 aliphatic rings. The Morgan fingerprint density at radius 2 is 1.81 bits per heavy atom. The summed E-state index contributed by atoms with van der Waals surface area (Å²) in [4.78, 5) is 40.2. The number of piperazine rings is 1. The predicted molar refractivity (Wildman–Crippen MR) is 146 cm³/mol. The average Bonchev–Trinajstić information content (AvgIpc) is 2.85. The summed E-state index contributed by atoms with van der Waals surface area (Å²) in [7, 11) is 0. The van der Waals surface area contributed by atoms with Gasteiger partial charge in [-0.1, -0.05) is 13.8 Å². The Hall–Kier alpha value is -3.36. The lowest BCUT2D eigenvalue weighted by Crippen LogP contribution is -2.51. The van der Waals surface area contributed by atoms with Crippen molar-refractivity contribution in [3.8, 4) is 0 Å². The summed E-state index contributed by atoms with van der Waals surface area (Å²) in [6, 6.07) is 6.38. The van der Waals surface area contributed by atoms with Crippen LogP contribution in [0.2, 0.25) is 0 Å². The van der Waals surface area contributed by atoms with Crippen LogP contribution in [0.4, 0.5) is 22.0 Å². The van der Waals surface area contributed by atoms with Crippen molar-refractivity contribution >= 4 is 29.2 Å². The Bertz CT molecular complexity index is 1120. The Morgan fingerprint density at radius 1 is 1.11 bits per heavy atom. The van der Waals surface area contributed by atoms with Gasteiger partial charge in [0.2, 0.25) is 5.91 Å². The van der Waals surface area contributed by atoms with Gasteiger partial charge in [0.25, 0.3) is 0 Å². The molecule has 37 heavy (non-hydrogen) atoms. The van der Waals surface area contributed by atoms with Crippen LogP contribution in [0, 0.1) is 12.8 Å². The monoisotopic (exact) mass is 508 g/mol. The van der Waals surface area contributed by atoms with Crippen LogP contribution < -0.4 is 15.1 Å². The van der Waals surface area contributed by atoms with Crippen molar-refractivity contribution in [3.63, 3.8) is 0 Å². The minimum Gasteiger partial charge on any atom is -0.444 e. The number of nitrogens with zero attached hydrogens (tertiary/aromatic N) is 5. The van der Waals surface area contributed by atoms with Crippen LogP contribution in [0.15, 0.2) is 30.6 Å². The van der Waals surface area contributed by atoms with Gasteiger partial charge in [-0.15, -0.1) is 0 Å². The van der Waals surface area contributed by atoms with Gasteiger partial charge < -0.3 is 24.8 Å². The smallest absolute Gasteiger partial charge is 0.410 e. The molecule has 0 radical (unpaired) electrons. The standard InChI is InChI=1S/C28H40N6O3/c1-8-23-19(3)26(31-25-17-29-18(2)16-30-25)22-15-21(9-10-24(22)34(23)20(4)35)32-11-13-33(14-12-32)27(36)37-28(5,6)7/h9-10,15-17,19,23,26H,8,11-14H2,1-7H3,(H,30,31)/t19-,23-,26?/m0/s1. The first kappa shape index (κ1) is 26.7. The van der Waals surface area contributed by atoms with E-state index in [9.17, 15) is 9.59 Å². The second kappa shape index (κ2) is 10.6. The summed E-state index contributed by atoms with van der Waals surface area (Å²) in [5.74, 6) is 0.923. The van der Waals surface area contributed by atoms with Crippen molar-refractivity contribution in [1.29, 1.82) is 0 Å². The van der Waals surface area contributed by atoms with Crippen molar-refractivity contribution in [3.05, 3.63) is 41.9 Å². The molecule has 1 aromatic carbocycles. The molecule has 1 fully saturated rings. The molecule has 2 aromatic rings. The van der Waals surface area contributed by atoms with Crippen molar-refractivity contribution < 1.29 is 14.3 Å². The number of hydrogen-bond acceptors (Lipinski definition) is 7. The Morgan fingerprint density at radius 3 is 2.38 bits per heavy atom. The van der Waals surface area contributed by atoms with Crippen LogP contribution in [-0.2, 0) is 9.53 Å². The zero-order valence-corrected chi connectivity index (χ0v) is 23.1. The topological polar surface area (TPSA) is 90.9 Å². The molecule has 1 N–H and O–H groups in total. The fourth-order valence-electron chi connectivity index (χ4n) is 5.39. The molecule has 0 bridgehead atoms. The minimum atomic E-state index is -0.508. The third kappa shape index (κ3) is 5.81. The van der Waals surface area contributed by atoms with Crippen LogP contribution in [0.5, 0.6) is 0 Å². The van der Waals surface area contributed by atoms with E-state index in [2.05, 4.69) is 52.2 Å². The lowest BCUT2D eigenvalue weighted by molar-refractivity contribution is -0.117. The molecule has 0 spiro atoms. The number of anilines is 3. The molecule has 200 valence electrons. The van der Waals surface area contributed by atoms with Gasteiger partial charge in [0, 0.05) is 62.0 Å². The van der Waals surface area contributed by atoms with Gasteiger partial charge >= 0.3 is 6.09 Å². The van der Waals surface area contributed by atoms with Gasteiger partial charge in [-0.25, -0.2) is 9.78 Å². The minimum absolute atomic E-state index is 0.0319. The van der Waals surface area contributed by atoms with E-state index in [0.717, 1.165) is 34.9 Å². The highest BCUT2D eigenvalue weighted by Gasteiger charge is 2.40. The molecule has 2 amide bonds. The molecule has 1 unspecified atom stereocenters. The number of aryl methyl sites for hydroxylation is 1. The van der Waals surface area contributed by atoms with Gasteiger partial charge in [0.1, 0.15) is 11.4 Å². The molecule has 4 rings (SSSR count). The summed E-state index contributed by atoms with van der Waals surface area (Å²) in [5.41, 5.74) is 3.44. The van der Waals surface area contributed by atoms with E-state index in [-0.39, 0.29) is 30.0 Å². The fourth-order valence-corrected chi connectivity index (χ4v) is 5.39. The molecule has 3 heterocycles. The van der Waals surface area contributed by atoms with E-state index >= 15 is 0 Å². The lowest BCUT2D eigenvalue weighted by atomic mass is 9.80. The maximum absolute atomic E-state index is 12.8. The average molecular weight is 509 g/mol. The van der Waals surface area contributed by atoms with Crippen LogP contribution >= 0.6 is 0 Å². The number of hydrogen-bond donors (Lipinski definition) is 1. The van der Waals surface area contributed by atoms with Gasteiger partial charge in [0.05, 0.1) is 24.1 Å². The summed E-state index contributed by atoms with van der Waals surface area (Å²) < 4.78 is 5.55. The Kier molecular flexibility index (Phi) is 7.62. The molecular formula is C28H40N6O3. The largest absolute Gasteiger partial charge is 0.444 e. The number of carbonyl (C=O) groups excluding carboxylic acids is 2. The number of fused-ring (bicyclic) bond motifs is 1. The van der Waals surface area contributed by atoms with E-state index < -0.39 is 5.60 Å². The molecule has 0 saturated carbocycles. The number of carbonyl (C=O) groups is 2. The first-order valence-corrected chi connectivity index (χ1v) is 13.2. The molecule has 9 heteroatoms. The normalized spacial score (nSPS) is 21.9. The third-order valence-corrected chi connectivity index (χ3v) is 7.21. The van der Waals surface area contributed by atoms with Gasteiger partial charge in [-0.05, 0) is 52.3 Å². The van der Waals surface area contributed by atoms with Crippen molar-refractivity contribution in [1.82, 2.24) is 14.9 Å². The second-order valence-electron chi connectivity index (χ2n) is 11.1. The molecule has 9 nitrogen and oxygen atoms in total. The molecule has 1 saturated heterocycles. The quantitative estimate of drug-likeness (QED) is 0.636. The zero-order valence-electron chi connectivity index (χ0n) is 23.1. The Labute approximate surface area is 220 Å². The molecule has 0 aliphatic carbocycles. The third-order valence-electron chi connectivity index (χ3n) is 7.21. The number of aromatic nitrogens is 2. The van der Waals surface area contributed by atoms with Crippen LogP contribution in [0.1, 0.15) is 65.3 Å². The summed E-state index contributed by atoms with van der Waals surface area (Å²) >= 11 is 0. The molecule has 2 aliphatic heterocycles. The maximum Gasteiger partial charge on any atom is 0.410 e. The lowest BCUT2D eigenvalue weighted by Gasteiger charge is -2.46. The number of rotatable bonds is 4. The summed E-state index contributed by atoms with van der Waals surface area (Å²) in [5, 5.41) is 3.61. The van der Waals surface area contributed by atoms with E-state index in [4.69, 9.17) is 4.74 Å². The second-order valence-corrected chi connectivity index (χ2v) is 11.1. The van der Waals surface area contributed by atoms with Gasteiger partial charge in [0.15, 0.2) is 0 Å². The van der Waals surface area contributed by atoms with Gasteiger partial charge in [-0.3, -0.25) is 9.78 Å². The molecular weight excluding hydrogens is 468 g/mol. The van der Waals surface area contributed by atoms with E-state index in [0.29, 0.717) is 26.2 Å². The summed E-state index contributed by atoms with van der Waals surface area (Å²) in [6.45, 7) is 16.2. The number of nitrogens with one attached hydrogen (secondary N) is 1. The Balaban J connectivity index is 1.62. The van der Waals surface area contributed by atoms with E-state index in [1.54, 1.807) is 24.2 Å².